The molecule has 2 aliphatic heterocycles. The fourth-order valence-corrected chi connectivity index (χ4v) is 2.07. The Bertz CT molecular complexity index is 195. The summed E-state index contributed by atoms with van der Waals surface area (Å²) in [5.41, 5.74) is -0.856. The summed E-state index contributed by atoms with van der Waals surface area (Å²) >= 11 is 0. The molecule has 5 heteroatoms. The molecule has 2 nitrogen and oxygen atoms in total. The van der Waals surface area contributed by atoms with Gasteiger partial charge in [0.25, 0.3) is 0 Å². The first-order valence-electron chi connectivity index (χ1n) is 3.82. The van der Waals surface area contributed by atoms with E-state index in [-0.39, 0.29) is 6.61 Å². The molecule has 0 spiro atoms. The van der Waals surface area contributed by atoms with Gasteiger partial charge in [-0.2, -0.15) is 13.2 Å². The van der Waals surface area contributed by atoms with Crippen LogP contribution < -0.4 is 0 Å². The van der Waals surface area contributed by atoms with Crippen molar-refractivity contribution in [2.45, 2.75) is 30.7 Å². The van der Waals surface area contributed by atoms with Crippen LogP contribution in [0.5, 0.6) is 0 Å². The molecule has 70 valence electrons. The lowest BCUT2D eigenvalue weighted by atomic mass is 9.73. The maximum Gasteiger partial charge on any atom is 0.414 e. The predicted octanol–water partition coefficient (Wildman–Crippen LogP) is 1.09. The Kier molecular flexibility index (Phi) is 1.48. The van der Waals surface area contributed by atoms with E-state index >= 15 is 0 Å². The Morgan fingerprint density at radius 2 is 2.00 bits per heavy atom. The molecular weight excluding hydrogens is 173 g/mol. The maximum absolute atomic E-state index is 12.1. The molecular formula is C7H9F3O2. The van der Waals surface area contributed by atoms with Gasteiger partial charge in [0.05, 0.1) is 12.2 Å². The van der Waals surface area contributed by atoms with Crippen molar-refractivity contribution < 1.29 is 23.0 Å². The first-order chi connectivity index (χ1) is 5.47. The molecule has 3 fully saturated rings. The third-order valence-corrected chi connectivity index (χ3v) is 2.68. The standard InChI is InChI=1S/C7H9F3O2/c8-7(9,10)5-4-1-6(2-4,3-11)12-5/h4-5,11H,1-3H2. The third kappa shape index (κ3) is 0.959. The van der Waals surface area contributed by atoms with Crippen LogP contribution in [0.3, 0.4) is 0 Å². The second-order valence-electron chi connectivity index (χ2n) is 3.59. The summed E-state index contributed by atoms with van der Waals surface area (Å²) in [6, 6.07) is 0. The molecule has 2 bridgehead atoms. The van der Waals surface area contributed by atoms with Crippen molar-refractivity contribution in [2.24, 2.45) is 5.92 Å². The lowest BCUT2D eigenvalue weighted by Crippen LogP contribution is -2.40. The Labute approximate surface area is 67.3 Å². The molecule has 12 heavy (non-hydrogen) atoms. The van der Waals surface area contributed by atoms with Crippen molar-refractivity contribution in [3.8, 4) is 0 Å². The minimum atomic E-state index is -4.27. The van der Waals surface area contributed by atoms with Crippen LogP contribution in [0.25, 0.3) is 0 Å². The van der Waals surface area contributed by atoms with Crippen LogP contribution in [-0.2, 0) is 4.74 Å². The number of ether oxygens (including phenoxy) is 1. The number of aliphatic hydroxyl groups is 1. The predicted molar refractivity (Wildman–Crippen MR) is 33.5 cm³/mol. The van der Waals surface area contributed by atoms with E-state index in [1.807, 2.05) is 0 Å². The molecule has 0 aromatic heterocycles. The Morgan fingerprint density at radius 3 is 2.25 bits per heavy atom. The summed E-state index contributed by atoms with van der Waals surface area (Å²) in [5.74, 6) is -0.419. The Balaban J connectivity index is 2.08. The average Bonchev–Trinajstić information content (AvgIpc) is 2.36. The molecule has 1 atom stereocenters. The minimum Gasteiger partial charge on any atom is -0.393 e. The Hall–Kier alpha value is -0.290. The average molecular weight is 182 g/mol. The Morgan fingerprint density at radius 1 is 1.42 bits per heavy atom. The van der Waals surface area contributed by atoms with E-state index in [1.165, 1.54) is 0 Å². The number of alkyl halides is 3. The fraction of sp³-hybridized carbons (Fsp3) is 1.00. The van der Waals surface area contributed by atoms with Crippen LogP contribution in [0.15, 0.2) is 0 Å². The molecule has 1 unspecified atom stereocenters. The van der Waals surface area contributed by atoms with Crippen LogP contribution in [0.1, 0.15) is 12.8 Å². The number of rotatable bonds is 1. The van der Waals surface area contributed by atoms with Gasteiger partial charge in [0, 0.05) is 0 Å². The third-order valence-electron chi connectivity index (χ3n) is 2.68. The van der Waals surface area contributed by atoms with Crippen molar-refractivity contribution >= 4 is 0 Å². The van der Waals surface area contributed by atoms with Crippen molar-refractivity contribution in [3.05, 3.63) is 0 Å². The minimum absolute atomic E-state index is 0.296. The topological polar surface area (TPSA) is 29.5 Å². The van der Waals surface area contributed by atoms with Gasteiger partial charge in [-0.3, -0.25) is 0 Å². The van der Waals surface area contributed by atoms with Crippen molar-refractivity contribution in [2.75, 3.05) is 6.61 Å². The van der Waals surface area contributed by atoms with Crippen LogP contribution in [-0.4, -0.2) is 29.6 Å². The summed E-state index contributed by atoms with van der Waals surface area (Å²) in [6.45, 7) is -0.296. The molecule has 0 aromatic carbocycles. The van der Waals surface area contributed by atoms with Gasteiger partial charge in [-0.05, 0) is 18.8 Å². The van der Waals surface area contributed by atoms with Crippen LogP contribution in [0, 0.1) is 5.92 Å². The molecule has 1 aliphatic carbocycles. The molecule has 0 amide bonds. The summed E-state index contributed by atoms with van der Waals surface area (Å²) in [4.78, 5) is 0. The lowest BCUT2D eigenvalue weighted by molar-refractivity contribution is -0.219. The molecule has 1 N–H and O–H groups in total. The molecule has 2 heterocycles. The van der Waals surface area contributed by atoms with Crippen LogP contribution >= 0.6 is 0 Å². The molecule has 1 saturated carbocycles. The zero-order valence-electron chi connectivity index (χ0n) is 6.27. The lowest BCUT2D eigenvalue weighted by Gasteiger charge is -2.33. The van der Waals surface area contributed by atoms with Crippen molar-refractivity contribution in [1.29, 1.82) is 0 Å². The number of aliphatic hydroxyl groups excluding tert-OH is 1. The zero-order chi connectivity index (χ0) is 8.98. The summed E-state index contributed by atoms with van der Waals surface area (Å²) in [7, 11) is 0. The maximum atomic E-state index is 12.1. The van der Waals surface area contributed by atoms with Crippen molar-refractivity contribution in [3.63, 3.8) is 0 Å². The van der Waals surface area contributed by atoms with Crippen molar-refractivity contribution in [1.82, 2.24) is 0 Å². The molecule has 0 aromatic rings. The van der Waals surface area contributed by atoms with Gasteiger partial charge in [-0.15, -0.1) is 0 Å². The number of halogens is 3. The zero-order valence-corrected chi connectivity index (χ0v) is 6.27. The van der Waals surface area contributed by atoms with Gasteiger partial charge in [-0.1, -0.05) is 0 Å². The van der Waals surface area contributed by atoms with Crippen LogP contribution in [0.4, 0.5) is 13.2 Å². The number of fused-ring (bicyclic) bond motifs is 1. The van der Waals surface area contributed by atoms with Gasteiger partial charge in [-0.25, -0.2) is 0 Å². The van der Waals surface area contributed by atoms with Gasteiger partial charge in [0.15, 0.2) is 6.10 Å². The highest BCUT2D eigenvalue weighted by Gasteiger charge is 2.65. The van der Waals surface area contributed by atoms with E-state index in [2.05, 4.69) is 0 Å². The second kappa shape index (κ2) is 2.14. The highest BCUT2D eigenvalue weighted by molar-refractivity contribution is 5.07. The van der Waals surface area contributed by atoms with Crippen LogP contribution in [0.2, 0.25) is 0 Å². The van der Waals surface area contributed by atoms with Gasteiger partial charge >= 0.3 is 6.18 Å². The van der Waals surface area contributed by atoms with E-state index < -0.39 is 23.8 Å². The summed E-state index contributed by atoms with van der Waals surface area (Å²) < 4.78 is 41.2. The highest BCUT2D eigenvalue weighted by atomic mass is 19.4. The number of hydrogen-bond donors (Lipinski definition) is 1. The van der Waals surface area contributed by atoms with E-state index in [0.717, 1.165) is 0 Å². The van der Waals surface area contributed by atoms with Gasteiger partial charge < -0.3 is 9.84 Å². The highest BCUT2D eigenvalue weighted by Crippen LogP contribution is 2.55. The molecule has 3 rings (SSSR count). The van der Waals surface area contributed by atoms with Gasteiger partial charge in [0.2, 0.25) is 0 Å². The largest absolute Gasteiger partial charge is 0.414 e. The fourth-order valence-electron chi connectivity index (χ4n) is 2.07. The summed E-state index contributed by atoms with van der Waals surface area (Å²) in [5, 5.41) is 8.75. The second-order valence-corrected chi connectivity index (χ2v) is 3.59. The van der Waals surface area contributed by atoms with Gasteiger partial charge in [0.1, 0.15) is 0 Å². The quantitative estimate of drug-likeness (QED) is 0.657. The van der Waals surface area contributed by atoms with E-state index in [1.54, 1.807) is 0 Å². The smallest absolute Gasteiger partial charge is 0.393 e. The number of hydrogen-bond acceptors (Lipinski definition) is 2. The first-order valence-corrected chi connectivity index (χ1v) is 3.82. The van der Waals surface area contributed by atoms with E-state index in [0.29, 0.717) is 12.8 Å². The van der Waals surface area contributed by atoms with E-state index in [9.17, 15) is 13.2 Å². The first kappa shape index (κ1) is 8.31. The molecule has 3 aliphatic rings. The monoisotopic (exact) mass is 182 g/mol. The molecule has 2 saturated heterocycles. The molecule has 0 radical (unpaired) electrons. The van der Waals surface area contributed by atoms with E-state index in [4.69, 9.17) is 9.84 Å². The SMILES string of the molecule is OCC12CC(C1)C(C(F)(F)F)O2. The summed E-state index contributed by atoms with van der Waals surface area (Å²) in [6.07, 6.45) is -5.19. The normalized spacial score (nSPS) is 46.0.